The molecule has 0 aromatic carbocycles. The van der Waals surface area contributed by atoms with Gasteiger partial charge < -0.3 is 5.32 Å². The summed E-state index contributed by atoms with van der Waals surface area (Å²) in [6.45, 7) is 7.97. The molecule has 0 aliphatic heterocycles. The zero-order chi connectivity index (χ0) is 12.0. The molecular weight excluding hydrogens is 282 g/mol. The summed E-state index contributed by atoms with van der Waals surface area (Å²) in [6, 6.07) is 2.89. The Morgan fingerprint density at radius 3 is 2.69 bits per heavy atom. The van der Waals surface area contributed by atoms with E-state index in [1.54, 1.807) is 0 Å². The second-order valence-electron chi connectivity index (χ2n) is 4.57. The maximum atomic E-state index is 3.64. The maximum absolute atomic E-state index is 3.64. The number of hydrogen-bond acceptors (Lipinski definition) is 2. The third kappa shape index (κ3) is 4.98. The van der Waals surface area contributed by atoms with Crippen LogP contribution in [0.15, 0.2) is 15.9 Å². The van der Waals surface area contributed by atoms with E-state index < -0.39 is 0 Å². The molecule has 1 atom stereocenters. The molecule has 16 heavy (non-hydrogen) atoms. The highest BCUT2D eigenvalue weighted by Gasteiger charge is 2.12. The van der Waals surface area contributed by atoms with Crippen LogP contribution >= 0.6 is 27.3 Å². The highest BCUT2D eigenvalue weighted by atomic mass is 79.9. The van der Waals surface area contributed by atoms with Gasteiger partial charge in [-0.25, -0.2) is 0 Å². The van der Waals surface area contributed by atoms with Gasteiger partial charge in [-0.1, -0.05) is 20.8 Å². The summed E-state index contributed by atoms with van der Waals surface area (Å²) in [5, 5.41) is 5.80. The second kappa shape index (κ2) is 7.46. The molecule has 1 rings (SSSR count). The molecule has 1 heterocycles. The Kier molecular flexibility index (Phi) is 6.62. The van der Waals surface area contributed by atoms with Crippen LogP contribution in [0.1, 0.15) is 38.5 Å². The van der Waals surface area contributed by atoms with Crippen molar-refractivity contribution in [3.8, 4) is 0 Å². The fraction of sp³-hybridized carbons (Fsp3) is 0.692. The molecule has 0 fully saturated rings. The van der Waals surface area contributed by atoms with Gasteiger partial charge in [0.15, 0.2) is 0 Å². The third-order valence-electron chi connectivity index (χ3n) is 2.78. The van der Waals surface area contributed by atoms with Gasteiger partial charge in [-0.15, -0.1) is 11.3 Å². The highest BCUT2D eigenvalue weighted by Crippen LogP contribution is 2.22. The summed E-state index contributed by atoms with van der Waals surface area (Å²) in [5.41, 5.74) is 0. The second-order valence-corrected chi connectivity index (χ2v) is 6.49. The van der Waals surface area contributed by atoms with E-state index in [1.165, 1.54) is 28.6 Å². The minimum Gasteiger partial charge on any atom is -0.314 e. The van der Waals surface area contributed by atoms with Gasteiger partial charge in [-0.05, 0) is 53.7 Å². The largest absolute Gasteiger partial charge is 0.314 e. The fourth-order valence-corrected chi connectivity index (χ4v) is 3.25. The number of rotatable bonds is 7. The normalized spacial score (nSPS) is 13.3. The number of nitrogens with one attached hydrogen (secondary N) is 1. The van der Waals surface area contributed by atoms with Crippen LogP contribution in [0.25, 0.3) is 0 Å². The Labute approximate surface area is 112 Å². The van der Waals surface area contributed by atoms with Crippen molar-refractivity contribution in [2.75, 3.05) is 6.54 Å². The van der Waals surface area contributed by atoms with Gasteiger partial charge in [-0.2, -0.15) is 0 Å². The number of aryl methyl sites for hydroxylation is 1. The molecule has 1 unspecified atom stereocenters. The van der Waals surface area contributed by atoms with Crippen LogP contribution in [0.3, 0.4) is 0 Å². The van der Waals surface area contributed by atoms with E-state index in [4.69, 9.17) is 0 Å². The Bertz CT molecular complexity index is 296. The average molecular weight is 304 g/mol. The molecule has 1 N–H and O–H groups in total. The Morgan fingerprint density at radius 2 is 2.19 bits per heavy atom. The van der Waals surface area contributed by atoms with Crippen molar-refractivity contribution in [2.45, 2.75) is 46.1 Å². The first-order valence-electron chi connectivity index (χ1n) is 6.09. The lowest BCUT2D eigenvalue weighted by molar-refractivity contribution is 0.379. The van der Waals surface area contributed by atoms with Crippen molar-refractivity contribution in [3.63, 3.8) is 0 Å². The van der Waals surface area contributed by atoms with Crippen LogP contribution < -0.4 is 5.32 Å². The number of hydrogen-bond donors (Lipinski definition) is 1. The van der Waals surface area contributed by atoms with Crippen LogP contribution in [0.5, 0.6) is 0 Å². The van der Waals surface area contributed by atoms with Crippen molar-refractivity contribution < 1.29 is 0 Å². The third-order valence-corrected chi connectivity index (χ3v) is 4.54. The predicted octanol–water partition coefficient (Wildman–Crippen LogP) is 4.47. The summed E-state index contributed by atoms with van der Waals surface area (Å²) in [6.07, 6.45) is 3.65. The van der Waals surface area contributed by atoms with Crippen LogP contribution in [0.2, 0.25) is 0 Å². The number of halogens is 1. The molecule has 0 saturated heterocycles. The van der Waals surface area contributed by atoms with Gasteiger partial charge in [0.25, 0.3) is 0 Å². The average Bonchev–Trinajstić information content (AvgIpc) is 2.64. The van der Waals surface area contributed by atoms with E-state index in [0.717, 1.165) is 12.5 Å². The first kappa shape index (κ1) is 14.2. The van der Waals surface area contributed by atoms with Gasteiger partial charge in [0, 0.05) is 20.8 Å². The summed E-state index contributed by atoms with van der Waals surface area (Å²) >= 11 is 5.36. The molecule has 3 heteroatoms. The van der Waals surface area contributed by atoms with Gasteiger partial charge in [0.1, 0.15) is 0 Å². The predicted molar refractivity (Wildman–Crippen MR) is 77.3 cm³/mol. The molecule has 92 valence electrons. The molecular formula is C13H22BrNS. The molecule has 1 aromatic heterocycles. The molecule has 0 aliphatic carbocycles. The lowest BCUT2D eigenvalue weighted by Crippen LogP contribution is -2.34. The van der Waals surface area contributed by atoms with E-state index in [0.29, 0.717) is 6.04 Å². The van der Waals surface area contributed by atoms with Gasteiger partial charge in [0.05, 0.1) is 0 Å². The molecule has 0 spiro atoms. The highest BCUT2D eigenvalue weighted by molar-refractivity contribution is 9.10. The molecule has 0 radical (unpaired) electrons. The van der Waals surface area contributed by atoms with Crippen molar-refractivity contribution >= 4 is 27.3 Å². The Morgan fingerprint density at radius 1 is 1.44 bits per heavy atom. The smallest absolute Gasteiger partial charge is 0.0285 e. The van der Waals surface area contributed by atoms with Crippen LogP contribution in [-0.2, 0) is 6.42 Å². The van der Waals surface area contributed by atoms with E-state index in [2.05, 4.69) is 53.5 Å². The topological polar surface area (TPSA) is 12.0 Å². The minimum absolute atomic E-state index is 0.654. The lowest BCUT2D eigenvalue weighted by atomic mass is 9.99. The minimum atomic E-state index is 0.654. The molecule has 0 bridgehead atoms. The number of thiophene rings is 1. The molecule has 1 nitrogen and oxygen atoms in total. The first-order valence-corrected chi connectivity index (χ1v) is 7.77. The Hall–Kier alpha value is 0.140. The lowest BCUT2D eigenvalue weighted by Gasteiger charge is -2.21. The molecule has 0 amide bonds. The summed E-state index contributed by atoms with van der Waals surface area (Å²) < 4.78 is 1.22. The SMILES string of the molecule is CCCNC(CCc1cc(Br)cs1)C(C)C. The van der Waals surface area contributed by atoms with Crippen LogP contribution in [0, 0.1) is 5.92 Å². The van der Waals surface area contributed by atoms with Gasteiger partial charge >= 0.3 is 0 Å². The van der Waals surface area contributed by atoms with Crippen molar-refractivity contribution in [3.05, 3.63) is 20.8 Å². The van der Waals surface area contributed by atoms with E-state index in [-0.39, 0.29) is 0 Å². The zero-order valence-corrected chi connectivity index (χ0v) is 12.8. The van der Waals surface area contributed by atoms with Crippen molar-refractivity contribution in [1.29, 1.82) is 0 Å². The standard InChI is InChI=1S/C13H22BrNS/c1-4-7-15-13(10(2)3)6-5-12-8-11(14)9-16-12/h8-10,13,15H,4-7H2,1-3H3. The summed E-state index contributed by atoms with van der Waals surface area (Å²) in [4.78, 5) is 1.48. The summed E-state index contributed by atoms with van der Waals surface area (Å²) in [7, 11) is 0. The van der Waals surface area contributed by atoms with Crippen LogP contribution in [-0.4, -0.2) is 12.6 Å². The van der Waals surface area contributed by atoms with Crippen molar-refractivity contribution in [1.82, 2.24) is 5.32 Å². The fourth-order valence-electron chi connectivity index (χ4n) is 1.78. The molecule has 0 aliphatic rings. The zero-order valence-electron chi connectivity index (χ0n) is 10.4. The summed E-state index contributed by atoms with van der Waals surface area (Å²) in [5.74, 6) is 0.718. The van der Waals surface area contributed by atoms with E-state index in [9.17, 15) is 0 Å². The first-order chi connectivity index (χ1) is 7.63. The quantitative estimate of drug-likeness (QED) is 0.784. The Balaban J connectivity index is 2.37. The van der Waals surface area contributed by atoms with Gasteiger partial charge in [-0.3, -0.25) is 0 Å². The van der Waals surface area contributed by atoms with E-state index in [1.807, 2.05) is 11.3 Å². The van der Waals surface area contributed by atoms with Gasteiger partial charge in [0.2, 0.25) is 0 Å². The van der Waals surface area contributed by atoms with Crippen LogP contribution in [0.4, 0.5) is 0 Å². The van der Waals surface area contributed by atoms with E-state index >= 15 is 0 Å². The monoisotopic (exact) mass is 303 g/mol. The molecule has 0 saturated carbocycles. The molecule has 1 aromatic rings. The maximum Gasteiger partial charge on any atom is 0.0285 e. The van der Waals surface area contributed by atoms with Crippen molar-refractivity contribution in [2.24, 2.45) is 5.92 Å².